The van der Waals surface area contributed by atoms with Crippen molar-refractivity contribution in [3.8, 4) is 11.3 Å². The minimum atomic E-state index is -0.435. The summed E-state index contributed by atoms with van der Waals surface area (Å²) in [6, 6.07) is 10.9. The average molecular weight is 319 g/mol. The number of benzene rings is 2. The Kier molecular flexibility index (Phi) is 3.16. The quantitative estimate of drug-likeness (QED) is 0.439. The first-order valence-electron chi connectivity index (χ1n) is 7.35. The van der Waals surface area contributed by atoms with Crippen LogP contribution in [0.2, 0.25) is 0 Å². The molecule has 0 amide bonds. The SMILES string of the molecule is COC(=O)c1cc2cc[nH]c(=O)c2c2cc(-c3cc[nH]n3)ccc12. The number of fused-ring (bicyclic) bond motifs is 3. The van der Waals surface area contributed by atoms with E-state index in [0.29, 0.717) is 27.1 Å². The molecule has 2 aromatic heterocycles. The van der Waals surface area contributed by atoms with Gasteiger partial charge < -0.3 is 9.72 Å². The average Bonchev–Trinajstić information content (AvgIpc) is 3.14. The van der Waals surface area contributed by atoms with Gasteiger partial charge in [-0.3, -0.25) is 9.89 Å². The molecule has 0 atom stereocenters. The van der Waals surface area contributed by atoms with Crippen LogP contribution in [0, 0.1) is 0 Å². The fourth-order valence-corrected chi connectivity index (χ4v) is 2.97. The first-order chi connectivity index (χ1) is 11.7. The molecule has 2 N–H and O–H groups in total. The van der Waals surface area contributed by atoms with Crippen LogP contribution in [-0.4, -0.2) is 28.3 Å². The van der Waals surface area contributed by atoms with Gasteiger partial charge in [0.15, 0.2) is 0 Å². The highest BCUT2D eigenvalue weighted by Gasteiger charge is 2.16. The minimum Gasteiger partial charge on any atom is -0.465 e. The molecule has 0 aliphatic heterocycles. The largest absolute Gasteiger partial charge is 0.465 e. The maximum absolute atomic E-state index is 12.3. The molecule has 0 saturated heterocycles. The molecule has 0 fully saturated rings. The number of ether oxygens (including phenoxy) is 1. The van der Waals surface area contributed by atoms with Gasteiger partial charge in [0, 0.05) is 18.0 Å². The van der Waals surface area contributed by atoms with E-state index in [9.17, 15) is 9.59 Å². The Balaban J connectivity index is 2.16. The molecular formula is C18H13N3O3. The van der Waals surface area contributed by atoms with Crippen LogP contribution in [0.3, 0.4) is 0 Å². The lowest BCUT2D eigenvalue weighted by Gasteiger charge is -2.10. The zero-order valence-electron chi connectivity index (χ0n) is 12.8. The molecule has 4 aromatic rings. The van der Waals surface area contributed by atoms with Crippen molar-refractivity contribution < 1.29 is 9.53 Å². The van der Waals surface area contributed by atoms with Gasteiger partial charge in [0.2, 0.25) is 0 Å². The van der Waals surface area contributed by atoms with E-state index in [-0.39, 0.29) is 5.56 Å². The van der Waals surface area contributed by atoms with Crippen LogP contribution in [0.1, 0.15) is 10.4 Å². The third-order valence-electron chi connectivity index (χ3n) is 4.07. The summed E-state index contributed by atoms with van der Waals surface area (Å²) in [6.45, 7) is 0. The third-order valence-corrected chi connectivity index (χ3v) is 4.07. The number of aromatic amines is 2. The topological polar surface area (TPSA) is 87.8 Å². The fraction of sp³-hybridized carbons (Fsp3) is 0.0556. The maximum atomic E-state index is 12.3. The van der Waals surface area contributed by atoms with Crippen molar-refractivity contribution in [3.05, 3.63) is 64.7 Å². The van der Waals surface area contributed by atoms with Gasteiger partial charge in [-0.05, 0) is 40.4 Å². The van der Waals surface area contributed by atoms with E-state index in [2.05, 4.69) is 15.2 Å². The van der Waals surface area contributed by atoms with E-state index in [4.69, 9.17) is 4.74 Å². The van der Waals surface area contributed by atoms with Gasteiger partial charge in [0.05, 0.1) is 23.8 Å². The van der Waals surface area contributed by atoms with Gasteiger partial charge in [0.1, 0.15) is 0 Å². The Bertz CT molecular complexity index is 1130. The maximum Gasteiger partial charge on any atom is 0.338 e. The van der Waals surface area contributed by atoms with Gasteiger partial charge in [-0.25, -0.2) is 4.79 Å². The van der Waals surface area contributed by atoms with E-state index in [0.717, 1.165) is 11.3 Å². The number of nitrogens with one attached hydrogen (secondary N) is 2. The number of esters is 1. The number of aromatic nitrogens is 3. The molecular weight excluding hydrogens is 306 g/mol. The molecule has 0 bridgehead atoms. The monoisotopic (exact) mass is 319 g/mol. The standard InChI is InChI=1S/C18H13N3O3/c1-24-18(23)14-9-11-4-6-19-17(22)16(11)13-8-10(2-3-12(13)14)15-5-7-20-21-15/h2-9H,1H3,(H,19,22)(H,20,21). The van der Waals surface area contributed by atoms with Crippen molar-refractivity contribution in [2.24, 2.45) is 0 Å². The molecule has 0 aliphatic carbocycles. The second-order valence-corrected chi connectivity index (χ2v) is 5.41. The van der Waals surface area contributed by atoms with Crippen molar-refractivity contribution in [2.75, 3.05) is 7.11 Å². The van der Waals surface area contributed by atoms with Gasteiger partial charge in [0.25, 0.3) is 5.56 Å². The summed E-state index contributed by atoms with van der Waals surface area (Å²) in [7, 11) is 1.34. The number of carbonyl (C=O) groups is 1. The van der Waals surface area contributed by atoms with E-state index >= 15 is 0 Å². The molecule has 0 spiro atoms. The van der Waals surface area contributed by atoms with Crippen LogP contribution < -0.4 is 5.56 Å². The molecule has 6 nitrogen and oxygen atoms in total. The fourth-order valence-electron chi connectivity index (χ4n) is 2.97. The number of carbonyl (C=O) groups excluding carboxylic acids is 1. The summed E-state index contributed by atoms with van der Waals surface area (Å²) >= 11 is 0. The van der Waals surface area contributed by atoms with Crippen molar-refractivity contribution in [3.63, 3.8) is 0 Å². The molecule has 6 heteroatoms. The number of H-pyrrole nitrogens is 2. The summed E-state index contributed by atoms with van der Waals surface area (Å²) in [6.07, 6.45) is 3.30. The Morgan fingerprint density at radius 1 is 1.08 bits per heavy atom. The third kappa shape index (κ3) is 2.08. The zero-order valence-corrected chi connectivity index (χ0v) is 12.8. The molecule has 0 unspecified atom stereocenters. The van der Waals surface area contributed by atoms with E-state index < -0.39 is 5.97 Å². The normalized spacial score (nSPS) is 11.0. The lowest BCUT2D eigenvalue weighted by Crippen LogP contribution is -2.08. The van der Waals surface area contributed by atoms with E-state index in [1.165, 1.54) is 7.11 Å². The zero-order chi connectivity index (χ0) is 16.7. The van der Waals surface area contributed by atoms with Gasteiger partial charge in [-0.1, -0.05) is 12.1 Å². The number of hydrogen-bond donors (Lipinski definition) is 2. The molecule has 2 heterocycles. The minimum absolute atomic E-state index is 0.201. The second-order valence-electron chi connectivity index (χ2n) is 5.41. The summed E-state index contributed by atoms with van der Waals surface area (Å²) in [5.74, 6) is -0.435. The summed E-state index contributed by atoms with van der Waals surface area (Å²) in [5.41, 5.74) is 1.85. The summed E-state index contributed by atoms with van der Waals surface area (Å²) < 4.78 is 4.88. The smallest absolute Gasteiger partial charge is 0.338 e. The Morgan fingerprint density at radius 2 is 1.96 bits per heavy atom. The lowest BCUT2D eigenvalue weighted by atomic mass is 9.96. The number of methoxy groups -OCH3 is 1. The molecule has 0 saturated carbocycles. The highest BCUT2D eigenvalue weighted by atomic mass is 16.5. The van der Waals surface area contributed by atoms with Crippen molar-refractivity contribution >= 4 is 27.5 Å². The molecule has 4 rings (SSSR count). The van der Waals surface area contributed by atoms with E-state index in [1.54, 1.807) is 24.5 Å². The summed E-state index contributed by atoms with van der Waals surface area (Å²) in [4.78, 5) is 27.2. The van der Waals surface area contributed by atoms with Crippen LogP contribution in [0.25, 0.3) is 32.8 Å². The first-order valence-corrected chi connectivity index (χ1v) is 7.35. The van der Waals surface area contributed by atoms with Crippen molar-refractivity contribution in [1.29, 1.82) is 0 Å². The number of hydrogen-bond acceptors (Lipinski definition) is 4. The molecule has 24 heavy (non-hydrogen) atoms. The number of pyridine rings is 1. The first kappa shape index (κ1) is 14.2. The van der Waals surface area contributed by atoms with Gasteiger partial charge >= 0.3 is 5.97 Å². The predicted molar refractivity (Wildman–Crippen MR) is 91.0 cm³/mol. The van der Waals surface area contributed by atoms with Crippen LogP contribution in [0.5, 0.6) is 0 Å². The van der Waals surface area contributed by atoms with Crippen LogP contribution in [0.15, 0.2) is 53.6 Å². The van der Waals surface area contributed by atoms with Crippen LogP contribution >= 0.6 is 0 Å². The van der Waals surface area contributed by atoms with Crippen LogP contribution in [0.4, 0.5) is 0 Å². The van der Waals surface area contributed by atoms with Crippen molar-refractivity contribution in [1.82, 2.24) is 15.2 Å². The Labute approximate surface area is 136 Å². The van der Waals surface area contributed by atoms with Crippen LogP contribution in [-0.2, 0) is 4.74 Å². The summed E-state index contributed by atoms with van der Waals surface area (Å²) in [5, 5.41) is 9.53. The molecule has 0 aliphatic rings. The number of rotatable bonds is 2. The molecule has 0 radical (unpaired) electrons. The highest BCUT2D eigenvalue weighted by molar-refractivity contribution is 6.16. The Morgan fingerprint density at radius 3 is 2.71 bits per heavy atom. The van der Waals surface area contributed by atoms with Crippen molar-refractivity contribution in [2.45, 2.75) is 0 Å². The lowest BCUT2D eigenvalue weighted by molar-refractivity contribution is 0.0603. The predicted octanol–water partition coefficient (Wildman–Crippen LogP) is 2.86. The highest BCUT2D eigenvalue weighted by Crippen LogP contribution is 2.30. The molecule has 118 valence electrons. The molecule has 2 aromatic carbocycles. The second kappa shape index (κ2) is 5.34. The van der Waals surface area contributed by atoms with Gasteiger partial charge in [-0.15, -0.1) is 0 Å². The Hall–Kier alpha value is -3.41. The number of nitrogens with zero attached hydrogens (tertiary/aromatic N) is 1. The van der Waals surface area contributed by atoms with E-state index in [1.807, 2.05) is 24.3 Å². The van der Waals surface area contributed by atoms with Gasteiger partial charge in [-0.2, -0.15) is 5.10 Å².